The summed E-state index contributed by atoms with van der Waals surface area (Å²) in [6.07, 6.45) is 0.881. The molecule has 1 aromatic rings. The summed E-state index contributed by atoms with van der Waals surface area (Å²) < 4.78 is 24.0. The van der Waals surface area contributed by atoms with Crippen molar-refractivity contribution in [1.82, 2.24) is 0 Å². The minimum atomic E-state index is -0.598. The fourth-order valence-electron chi connectivity index (χ4n) is 4.56. The zero-order chi connectivity index (χ0) is 18.5. The first-order valence-corrected chi connectivity index (χ1v) is 10.1. The van der Waals surface area contributed by atoms with E-state index in [0.29, 0.717) is 18.8 Å². The van der Waals surface area contributed by atoms with Crippen LogP contribution in [0.5, 0.6) is 0 Å². The van der Waals surface area contributed by atoms with Gasteiger partial charge in [0, 0.05) is 5.92 Å². The van der Waals surface area contributed by atoms with E-state index >= 15 is 0 Å². The highest BCUT2D eigenvalue weighted by Crippen LogP contribution is 2.53. The Balaban J connectivity index is 1.43. The van der Waals surface area contributed by atoms with Crippen LogP contribution in [0.4, 0.5) is 0 Å². The van der Waals surface area contributed by atoms with Crippen molar-refractivity contribution in [2.24, 2.45) is 11.8 Å². The summed E-state index contributed by atoms with van der Waals surface area (Å²) >= 11 is 3.82. The lowest BCUT2D eigenvalue weighted by atomic mass is 9.72. The molecular formula is C20H25BrO5. The van der Waals surface area contributed by atoms with E-state index in [4.69, 9.17) is 18.9 Å². The van der Waals surface area contributed by atoms with Crippen LogP contribution in [0.2, 0.25) is 0 Å². The maximum atomic E-state index is 12.2. The molecule has 2 aliphatic heterocycles. The zero-order valence-corrected chi connectivity index (χ0v) is 16.9. The standard InChI is InChI=1S/C20H25BrO5/c1-19(2)25-15-9-14-13(10-23-16(14)17(21)20(15,3)26-19)11-24-18(22)12-7-5-4-6-8-12/h4-8,13-17H,9-11H2,1-3H3/t13-,14-,15-,16+,17-,20-/m1/s1. The van der Waals surface area contributed by atoms with Crippen LogP contribution in [0.3, 0.4) is 0 Å². The van der Waals surface area contributed by atoms with Crippen molar-refractivity contribution in [3.05, 3.63) is 35.9 Å². The number of benzene rings is 1. The highest BCUT2D eigenvalue weighted by molar-refractivity contribution is 9.09. The van der Waals surface area contributed by atoms with Crippen LogP contribution < -0.4 is 0 Å². The van der Waals surface area contributed by atoms with Gasteiger partial charge in [-0.1, -0.05) is 34.1 Å². The van der Waals surface area contributed by atoms with Gasteiger partial charge in [0.1, 0.15) is 5.60 Å². The van der Waals surface area contributed by atoms with Gasteiger partial charge < -0.3 is 18.9 Å². The maximum absolute atomic E-state index is 12.2. The van der Waals surface area contributed by atoms with Crippen LogP contribution in [-0.4, -0.2) is 47.6 Å². The average Bonchev–Trinajstić information content (AvgIpc) is 3.11. The first-order chi connectivity index (χ1) is 12.3. The highest BCUT2D eigenvalue weighted by atomic mass is 79.9. The van der Waals surface area contributed by atoms with E-state index in [1.165, 1.54) is 0 Å². The number of carbonyl (C=O) groups excluding carboxylic acids is 1. The third kappa shape index (κ3) is 3.11. The molecule has 4 rings (SSSR count). The summed E-state index contributed by atoms with van der Waals surface area (Å²) in [5, 5.41) is 0. The summed E-state index contributed by atoms with van der Waals surface area (Å²) in [4.78, 5) is 12.3. The second-order valence-electron chi connectivity index (χ2n) is 8.12. The molecule has 2 heterocycles. The maximum Gasteiger partial charge on any atom is 0.338 e. The Morgan fingerprint density at radius 2 is 2.00 bits per heavy atom. The van der Waals surface area contributed by atoms with Crippen LogP contribution >= 0.6 is 15.9 Å². The van der Waals surface area contributed by atoms with Gasteiger partial charge in [-0.3, -0.25) is 0 Å². The van der Waals surface area contributed by atoms with Crippen molar-refractivity contribution in [2.75, 3.05) is 13.2 Å². The van der Waals surface area contributed by atoms with Gasteiger partial charge in [-0.05, 0) is 45.2 Å². The molecule has 6 atom stereocenters. The number of rotatable bonds is 3. The second kappa shape index (κ2) is 6.59. The first-order valence-electron chi connectivity index (χ1n) is 9.16. The van der Waals surface area contributed by atoms with E-state index in [2.05, 4.69) is 22.9 Å². The lowest BCUT2D eigenvalue weighted by Crippen LogP contribution is -2.57. The van der Waals surface area contributed by atoms with Crippen LogP contribution in [0.1, 0.15) is 37.6 Å². The van der Waals surface area contributed by atoms with Crippen LogP contribution in [0.15, 0.2) is 30.3 Å². The van der Waals surface area contributed by atoms with Gasteiger partial charge in [-0.25, -0.2) is 4.79 Å². The van der Waals surface area contributed by atoms with E-state index in [-0.39, 0.29) is 34.8 Å². The predicted octanol–water partition coefficient (Wildman–Crippen LogP) is 3.55. The predicted molar refractivity (Wildman–Crippen MR) is 99.2 cm³/mol. The van der Waals surface area contributed by atoms with Crippen molar-refractivity contribution >= 4 is 21.9 Å². The molecule has 3 fully saturated rings. The van der Waals surface area contributed by atoms with E-state index in [1.54, 1.807) is 12.1 Å². The molecule has 6 heteroatoms. The molecule has 142 valence electrons. The van der Waals surface area contributed by atoms with Crippen molar-refractivity contribution < 1.29 is 23.7 Å². The summed E-state index contributed by atoms with van der Waals surface area (Å²) in [7, 11) is 0. The first kappa shape index (κ1) is 18.4. The Morgan fingerprint density at radius 1 is 1.27 bits per heavy atom. The fraction of sp³-hybridized carbons (Fsp3) is 0.650. The molecule has 1 aliphatic carbocycles. The minimum absolute atomic E-state index is 0.00264. The molecule has 0 aromatic heterocycles. The number of halogens is 1. The molecule has 0 N–H and O–H groups in total. The molecule has 5 nitrogen and oxygen atoms in total. The smallest absolute Gasteiger partial charge is 0.338 e. The normalized spacial score (nSPS) is 40.7. The Labute approximate surface area is 162 Å². The van der Waals surface area contributed by atoms with Crippen molar-refractivity contribution in [2.45, 2.75) is 55.6 Å². The SMILES string of the molecule is CC1(C)O[C@@H]2C[C@@H]3[C@@H](COC(=O)c4ccccc4)CO[C@@H]3[C@@H](Br)[C@]2(C)O1. The van der Waals surface area contributed by atoms with Crippen molar-refractivity contribution in [1.29, 1.82) is 0 Å². The Hall–Kier alpha value is -0.950. The molecular weight excluding hydrogens is 400 g/mol. The Kier molecular flexibility index (Phi) is 4.66. The number of fused-ring (bicyclic) bond motifs is 2. The van der Waals surface area contributed by atoms with Gasteiger partial charge in [0.25, 0.3) is 0 Å². The molecule has 0 radical (unpaired) electrons. The Bertz CT molecular complexity index is 674. The molecule has 0 unspecified atom stereocenters. The second-order valence-corrected chi connectivity index (χ2v) is 9.10. The van der Waals surface area contributed by atoms with Crippen LogP contribution in [0, 0.1) is 11.8 Å². The molecule has 0 spiro atoms. The van der Waals surface area contributed by atoms with Crippen molar-refractivity contribution in [3.63, 3.8) is 0 Å². The highest BCUT2D eigenvalue weighted by Gasteiger charge is 2.63. The van der Waals surface area contributed by atoms with E-state index in [0.717, 1.165) is 6.42 Å². The number of ether oxygens (including phenoxy) is 4. The topological polar surface area (TPSA) is 54.0 Å². The summed E-state index contributed by atoms with van der Waals surface area (Å²) in [5.74, 6) is -0.436. The molecule has 0 bridgehead atoms. The average molecular weight is 425 g/mol. The lowest BCUT2D eigenvalue weighted by Gasteiger charge is -2.44. The number of carbonyl (C=O) groups is 1. The van der Waals surface area contributed by atoms with Crippen molar-refractivity contribution in [3.8, 4) is 0 Å². The summed E-state index contributed by atoms with van der Waals surface area (Å²) in [5.41, 5.74) is 0.159. The monoisotopic (exact) mass is 424 g/mol. The van der Waals surface area contributed by atoms with E-state index in [1.807, 2.05) is 32.0 Å². The summed E-state index contributed by atoms with van der Waals surface area (Å²) in [6.45, 7) is 6.94. The van der Waals surface area contributed by atoms with Gasteiger partial charge in [0.15, 0.2) is 5.79 Å². The summed E-state index contributed by atoms with van der Waals surface area (Å²) in [6, 6.07) is 9.08. The minimum Gasteiger partial charge on any atom is -0.462 e. The fourth-order valence-corrected chi connectivity index (χ4v) is 5.49. The number of alkyl halides is 1. The molecule has 2 saturated heterocycles. The quantitative estimate of drug-likeness (QED) is 0.548. The third-order valence-corrected chi connectivity index (χ3v) is 7.25. The number of hydrogen-bond donors (Lipinski definition) is 0. The molecule has 1 aromatic carbocycles. The molecule has 26 heavy (non-hydrogen) atoms. The van der Waals surface area contributed by atoms with Gasteiger partial charge in [0.05, 0.1) is 35.8 Å². The molecule has 1 saturated carbocycles. The number of esters is 1. The number of hydrogen-bond acceptors (Lipinski definition) is 5. The lowest BCUT2D eigenvalue weighted by molar-refractivity contribution is -0.161. The van der Waals surface area contributed by atoms with E-state index < -0.39 is 11.4 Å². The van der Waals surface area contributed by atoms with Crippen LogP contribution in [0.25, 0.3) is 0 Å². The largest absolute Gasteiger partial charge is 0.462 e. The van der Waals surface area contributed by atoms with Gasteiger partial charge in [-0.15, -0.1) is 0 Å². The van der Waals surface area contributed by atoms with E-state index in [9.17, 15) is 4.79 Å². The third-order valence-electron chi connectivity index (χ3n) is 5.82. The van der Waals surface area contributed by atoms with Crippen LogP contribution in [-0.2, 0) is 18.9 Å². The molecule has 3 aliphatic rings. The van der Waals surface area contributed by atoms with Gasteiger partial charge >= 0.3 is 5.97 Å². The zero-order valence-electron chi connectivity index (χ0n) is 15.3. The van der Waals surface area contributed by atoms with Gasteiger partial charge in [-0.2, -0.15) is 0 Å². The van der Waals surface area contributed by atoms with Gasteiger partial charge in [0.2, 0.25) is 0 Å². The Morgan fingerprint density at radius 3 is 2.73 bits per heavy atom. The molecule has 0 amide bonds.